The highest BCUT2D eigenvalue weighted by Gasteiger charge is 2.03. The van der Waals surface area contributed by atoms with Crippen LogP contribution in [0.4, 0.5) is 0 Å². The summed E-state index contributed by atoms with van der Waals surface area (Å²) in [4.78, 5) is 24.8. The third-order valence-electron chi connectivity index (χ3n) is 2.26. The number of carboxylic acids is 1. The molecule has 16 heavy (non-hydrogen) atoms. The van der Waals surface area contributed by atoms with Gasteiger partial charge in [-0.3, -0.25) is 4.79 Å². The number of methoxy groups -OCH3 is 1. The number of carbonyl (C=O) groups excluding carboxylic acids is 1. The van der Waals surface area contributed by atoms with E-state index in [-0.39, 0.29) is 11.1 Å². The van der Waals surface area contributed by atoms with Gasteiger partial charge < -0.3 is 19.6 Å². The van der Waals surface area contributed by atoms with Crippen LogP contribution in [0.5, 0.6) is 5.75 Å². The summed E-state index contributed by atoms with van der Waals surface area (Å²) in [5.74, 6) is -0.875. The van der Waals surface area contributed by atoms with E-state index in [1.54, 1.807) is 18.2 Å². The molecule has 0 aliphatic rings. The minimum Gasteiger partial charge on any atom is -0.543 e. The zero-order valence-corrected chi connectivity index (χ0v) is 8.44. The van der Waals surface area contributed by atoms with Crippen molar-refractivity contribution < 1.29 is 14.6 Å². The highest BCUT2D eigenvalue weighted by molar-refractivity contribution is 5.88. The first-order chi connectivity index (χ1) is 7.61. The topological polar surface area (TPSA) is 82.2 Å². The van der Waals surface area contributed by atoms with E-state index in [4.69, 9.17) is 4.74 Å². The maximum atomic E-state index is 11.6. The van der Waals surface area contributed by atoms with Gasteiger partial charge in [0.25, 0.3) is 0 Å². The van der Waals surface area contributed by atoms with E-state index in [1.807, 2.05) is 0 Å². The molecule has 0 amide bonds. The number of hydrogen-bond acceptors (Lipinski definition) is 4. The number of pyridine rings is 1. The Morgan fingerprint density at radius 2 is 2.12 bits per heavy atom. The van der Waals surface area contributed by atoms with Crippen molar-refractivity contribution >= 4 is 16.9 Å². The SMILES string of the molecule is COc1ccc2c(=O)cc(C(=O)[O-])[nH]c2c1. The number of carbonyl (C=O) groups is 1. The van der Waals surface area contributed by atoms with Gasteiger partial charge in [0, 0.05) is 17.5 Å². The molecule has 2 rings (SSSR count). The van der Waals surface area contributed by atoms with Crippen molar-refractivity contribution in [3.8, 4) is 5.75 Å². The molecule has 0 saturated heterocycles. The Kier molecular flexibility index (Phi) is 2.36. The molecule has 0 aliphatic heterocycles. The van der Waals surface area contributed by atoms with Crippen molar-refractivity contribution in [1.29, 1.82) is 0 Å². The number of hydrogen-bond donors (Lipinski definition) is 1. The maximum absolute atomic E-state index is 11.6. The molecule has 1 aromatic carbocycles. The summed E-state index contributed by atoms with van der Waals surface area (Å²) >= 11 is 0. The molecule has 5 heteroatoms. The lowest BCUT2D eigenvalue weighted by atomic mass is 10.2. The molecule has 0 atom stereocenters. The van der Waals surface area contributed by atoms with E-state index >= 15 is 0 Å². The molecule has 82 valence electrons. The van der Waals surface area contributed by atoms with Gasteiger partial charge in [0.2, 0.25) is 0 Å². The van der Waals surface area contributed by atoms with E-state index in [0.717, 1.165) is 6.07 Å². The number of fused-ring (bicyclic) bond motifs is 1. The van der Waals surface area contributed by atoms with Crippen LogP contribution in [0.15, 0.2) is 29.1 Å². The number of nitrogens with one attached hydrogen (secondary N) is 1. The Morgan fingerprint density at radius 3 is 2.75 bits per heavy atom. The van der Waals surface area contributed by atoms with Crippen molar-refractivity contribution in [3.63, 3.8) is 0 Å². The van der Waals surface area contributed by atoms with E-state index in [0.29, 0.717) is 16.7 Å². The fourth-order valence-electron chi connectivity index (χ4n) is 1.47. The largest absolute Gasteiger partial charge is 0.543 e. The van der Waals surface area contributed by atoms with Gasteiger partial charge in [-0.1, -0.05) is 0 Å². The maximum Gasteiger partial charge on any atom is 0.190 e. The molecule has 5 nitrogen and oxygen atoms in total. The molecule has 0 unspecified atom stereocenters. The number of benzene rings is 1. The number of ether oxygens (including phenoxy) is 1. The smallest absolute Gasteiger partial charge is 0.190 e. The first kappa shape index (κ1) is 10.2. The first-order valence-corrected chi connectivity index (χ1v) is 4.54. The second kappa shape index (κ2) is 3.69. The van der Waals surface area contributed by atoms with Gasteiger partial charge >= 0.3 is 0 Å². The molecule has 0 saturated carbocycles. The number of aromatic nitrogens is 1. The van der Waals surface area contributed by atoms with Crippen LogP contribution in [0.2, 0.25) is 0 Å². The predicted octanol–water partition coefficient (Wildman–Crippen LogP) is -0.0998. The van der Waals surface area contributed by atoms with Gasteiger partial charge in [0.1, 0.15) is 5.75 Å². The molecule has 1 N–H and O–H groups in total. The summed E-state index contributed by atoms with van der Waals surface area (Å²) in [6.45, 7) is 0. The van der Waals surface area contributed by atoms with Gasteiger partial charge in [-0.25, -0.2) is 0 Å². The van der Waals surface area contributed by atoms with E-state index < -0.39 is 5.97 Å². The molecule has 0 radical (unpaired) electrons. The monoisotopic (exact) mass is 218 g/mol. The zero-order chi connectivity index (χ0) is 11.7. The fraction of sp³-hybridized carbons (Fsp3) is 0.0909. The van der Waals surface area contributed by atoms with Crippen molar-refractivity contribution in [1.82, 2.24) is 4.98 Å². The van der Waals surface area contributed by atoms with Gasteiger partial charge in [-0.15, -0.1) is 0 Å². The minimum atomic E-state index is -1.41. The van der Waals surface area contributed by atoms with Crippen LogP contribution in [-0.4, -0.2) is 18.1 Å². The number of carboxylic acid groups (broad SMARTS) is 1. The van der Waals surface area contributed by atoms with Crippen molar-refractivity contribution in [2.45, 2.75) is 0 Å². The first-order valence-electron chi connectivity index (χ1n) is 4.54. The van der Waals surface area contributed by atoms with Crippen LogP contribution in [0, 0.1) is 0 Å². The summed E-state index contributed by atoms with van der Waals surface area (Å²) < 4.78 is 4.98. The van der Waals surface area contributed by atoms with E-state index in [9.17, 15) is 14.7 Å². The molecular weight excluding hydrogens is 210 g/mol. The third kappa shape index (κ3) is 1.63. The molecule has 1 aromatic heterocycles. The van der Waals surface area contributed by atoms with Crippen molar-refractivity contribution in [2.75, 3.05) is 7.11 Å². The second-order valence-electron chi connectivity index (χ2n) is 3.25. The lowest BCUT2D eigenvalue weighted by molar-refractivity contribution is -0.255. The van der Waals surface area contributed by atoms with Crippen molar-refractivity contribution in [2.24, 2.45) is 0 Å². The number of aromatic amines is 1. The average Bonchev–Trinajstić information content (AvgIpc) is 2.28. The summed E-state index contributed by atoms with van der Waals surface area (Å²) in [7, 11) is 1.49. The molecule has 0 aliphatic carbocycles. The lowest BCUT2D eigenvalue weighted by Crippen LogP contribution is -2.25. The highest BCUT2D eigenvalue weighted by Crippen LogP contribution is 2.16. The van der Waals surface area contributed by atoms with Crippen LogP contribution in [0.1, 0.15) is 10.5 Å². The Labute approximate surface area is 90.3 Å². The van der Waals surface area contributed by atoms with E-state index in [2.05, 4.69) is 4.98 Å². The Bertz CT molecular complexity index is 615. The molecule has 0 bridgehead atoms. The van der Waals surface area contributed by atoms with Crippen LogP contribution < -0.4 is 15.3 Å². The van der Waals surface area contributed by atoms with Crippen LogP contribution in [-0.2, 0) is 0 Å². The molecular formula is C11H8NO4-. The predicted molar refractivity (Wildman–Crippen MR) is 55.5 cm³/mol. The standard InChI is InChI=1S/C11H9NO4/c1-16-6-2-3-7-8(4-6)12-9(11(14)15)5-10(7)13/h2-5H,1H3,(H,12,13)(H,14,15)/p-1. The van der Waals surface area contributed by atoms with Gasteiger partial charge in [-0.2, -0.15) is 0 Å². The number of H-pyrrole nitrogens is 1. The third-order valence-corrected chi connectivity index (χ3v) is 2.26. The lowest BCUT2D eigenvalue weighted by Gasteiger charge is -2.06. The fourth-order valence-corrected chi connectivity index (χ4v) is 1.47. The van der Waals surface area contributed by atoms with Gasteiger partial charge in [-0.05, 0) is 12.1 Å². The Balaban J connectivity index is 2.78. The summed E-state index contributed by atoms with van der Waals surface area (Å²) in [6.07, 6.45) is 0. The molecule has 0 fully saturated rings. The van der Waals surface area contributed by atoms with Crippen LogP contribution in [0.25, 0.3) is 10.9 Å². The second-order valence-corrected chi connectivity index (χ2v) is 3.25. The Morgan fingerprint density at radius 1 is 1.38 bits per heavy atom. The quantitative estimate of drug-likeness (QED) is 0.763. The van der Waals surface area contributed by atoms with Crippen LogP contribution >= 0.6 is 0 Å². The molecule has 1 heterocycles. The molecule has 2 aromatic rings. The summed E-state index contributed by atoms with van der Waals surface area (Å²) in [5.41, 5.74) is -0.201. The Hall–Kier alpha value is -2.30. The van der Waals surface area contributed by atoms with Crippen molar-refractivity contribution in [3.05, 3.63) is 40.2 Å². The highest BCUT2D eigenvalue weighted by atomic mass is 16.5. The summed E-state index contributed by atoms with van der Waals surface area (Å²) in [6, 6.07) is 5.77. The normalized spacial score (nSPS) is 10.3. The van der Waals surface area contributed by atoms with Crippen LogP contribution in [0.3, 0.4) is 0 Å². The zero-order valence-electron chi connectivity index (χ0n) is 8.44. The number of rotatable bonds is 2. The van der Waals surface area contributed by atoms with E-state index in [1.165, 1.54) is 7.11 Å². The molecule has 0 spiro atoms. The minimum absolute atomic E-state index is 0.245. The average molecular weight is 218 g/mol. The number of aromatic carboxylic acids is 1. The van der Waals surface area contributed by atoms with Gasteiger partial charge in [0.15, 0.2) is 5.43 Å². The van der Waals surface area contributed by atoms with Gasteiger partial charge in [0.05, 0.1) is 24.3 Å². The summed E-state index contributed by atoms with van der Waals surface area (Å²) in [5, 5.41) is 11.0.